The molecule has 39 heavy (non-hydrogen) atoms. The highest BCUT2D eigenvalue weighted by Gasteiger charge is 2.29. The third kappa shape index (κ3) is 4.36. The first-order valence-corrected chi connectivity index (χ1v) is 13.6. The maximum absolute atomic E-state index is 14.1. The molecule has 0 radical (unpaired) electrons. The maximum atomic E-state index is 14.1. The van der Waals surface area contributed by atoms with E-state index in [1.807, 2.05) is 11.0 Å². The quantitative estimate of drug-likeness (QED) is 0.430. The number of hydrogen-bond acceptors (Lipinski definition) is 6. The molecule has 1 saturated heterocycles. The summed E-state index contributed by atoms with van der Waals surface area (Å²) in [6.45, 7) is 2.97. The molecule has 1 aromatic carbocycles. The van der Waals surface area contributed by atoms with Gasteiger partial charge in [-0.2, -0.15) is 9.61 Å². The number of rotatable bonds is 4. The first kappa shape index (κ1) is 24.0. The van der Waals surface area contributed by atoms with Crippen LogP contribution in [0, 0.1) is 5.82 Å². The summed E-state index contributed by atoms with van der Waals surface area (Å²) < 4.78 is 15.8. The van der Waals surface area contributed by atoms with Crippen LogP contribution >= 0.6 is 0 Å². The number of hydrogen-bond donors (Lipinski definition) is 1. The van der Waals surface area contributed by atoms with Crippen molar-refractivity contribution in [3.63, 3.8) is 0 Å². The number of carbonyl (C=O) groups excluding carboxylic acids is 1. The number of fused-ring (bicyclic) bond motifs is 3. The van der Waals surface area contributed by atoms with Crippen molar-refractivity contribution < 1.29 is 9.18 Å². The summed E-state index contributed by atoms with van der Waals surface area (Å²) in [5.41, 5.74) is 7.78. The monoisotopic (exact) mass is 523 g/mol. The van der Waals surface area contributed by atoms with Gasteiger partial charge in [0.25, 0.3) is 5.91 Å². The molecule has 0 bridgehead atoms. The Morgan fingerprint density at radius 1 is 1.08 bits per heavy atom. The molecule has 3 aromatic heterocycles. The highest BCUT2D eigenvalue weighted by atomic mass is 19.1. The molecule has 4 aromatic rings. The van der Waals surface area contributed by atoms with Gasteiger partial charge < -0.3 is 15.1 Å². The van der Waals surface area contributed by atoms with Crippen molar-refractivity contribution in [2.24, 2.45) is 0 Å². The molecule has 7 rings (SSSR count). The van der Waals surface area contributed by atoms with Crippen LogP contribution in [0.25, 0.3) is 22.5 Å². The fourth-order valence-corrected chi connectivity index (χ4v) is 6.11. The van der Waals surface area contributed by atoms with Crippen LogP contribution < -0.4 is 5.32 Å². The number of aromatic nitrogens is 4. The highest BCUT2D eigenvalue weighted by molar-refractivity contribution is 6.00. The van der Waals surface area contributed by atoms with Crippen molar-refractivity contribution in [1.82, 2.24) is 29.4 Å². The zero-order valence-electron chi connectivity index (χ0n) is 21.9. The van der Waals surface area contributed by atoms with E-state index in [-0.39, 0.29) is 11.9 Å². The Morgan fingerprint density at radius 3 is 2.77 bits per heavy atom. The van der Waals surface area contributed by atoms with Crippen LogP contribution in [0.15, 0.2) is 60.6 Å². The molecule has 1 atom stereocenters. The van der Waals surface area contributed by atoms with Crippen LogP contribution in [0.5, 0.6) is 0 Å². The third-order valence-electron chi connectivity index (χ3n) is 8.26. The van der Waals surface area contributed by atoms with E-state index in [1.54, 1.807) is 22.5 Å². The molecule has 1 N–H and O–H groups in total. The van der Waals surface area contributed by atoms with E-state index in [0.29, 0.717) is 35.6 Å². The number of benzene rings is 1. The number of allylic oxidation sites excluding steroid dienone is 1. The summed E-state index contributed by atoms with van der Waals surface area (Å²) in [4.78, 5) is 26.4. The fraction of sp³-hybridized carbons (Fsp3) is 0.333. The molecular formula is C30H30FN7O. The SMILES string of the molecule is CN1CCN(C(=O)c2cnn3c(N[C@@H]4CCC5=C(C4)c4ccccc4C5)cc(-c4cncc(F)c4)nc23)CC1. The summed E-state index contributed by atoms with van der Waals surface area (Å²) in [6, 6.07) is 12.2. The molecule has 0 spiro atoms. The Hall–Kier alpha value is -4.11. The molecule has 8 nitrogen and oxygen atoms in total. The van der Waals surface area contributed by atoms with E-state index < -0.39 is 5.82 Å². The molecule has 0 saturated carbocycles. The number of carbonyl (C=O) groups is 1. The minimum absolute atomic E-state index is 0.0823. The van der Waals surface area contributed by atoms with E-state index in [1.165, 1.54) is 29.0 Å². The molecule has 4 heterocycles. The number of anilines is 1. The van der Waals surface area contributed by atoms with E-state index in [9.17, 15) is 9.18 Å². The highest BCUT2D eigenvalue weighted by Crippen LogP contribution is 2.42. The fourth-order valence-electron chi connectivity index (χ4n) is 6.11. The van der Waals surface area contributed by atoms with Crippen LogP contribution in [0.1, 0.15) is 40.7 Å². The van der Waals surface area contributed by atoms with Gasteiger partial charge in [0.15, 0.2) is 5.65 Å². The number of amides is 1. The molecule has 1 fully saturated rings. The third-order valence-corrected chi connectivity index (χ3v) is 8.26. The largest absolute Gasteiger partial charge is 0.367 e. The van der Waals surface area contributed by atoms with Crippen LogP contribution in [0.4, 0.5) is 10.2 Å². The topological polar surface area (TPSA) is 78.7 Å². The zero-order chi connectivity index (χ0) is 26.5. The molecular weight excluding hydrogens is 493 g/mol. The second-order valence-corrected chi connectivity index (χ2v) is 10.8. The lowest BCUT2D eigenvalue weighted by molar-refractivity contribution is 0.0666. The lowest BCUT2D eigenvalue weighted by atomic mass is 9.88. The van der Waals surface area contributed by atoms with Gasteiger partial charge in [-0.3, -0.25) is 9.78 Å². The van der Waals surface area contributed by atoms with Crippen molar-refractivity contribution in [3.05, 3.63) is 83.1 Å². The standard InChI is InChI=1S/C30H30FN7O/c1-36-8-10-37(11-9-36)30(39)26-18-33-38-28(15-27(35-29(26)38)21-13-22(31)17-32-16-21)34-23-7-6-20-12-19-4-2-3-5-24(19)25(20)14-23/h2-5,13,15-18,23,34H,6-12,14H2,1H3/t23-/m1/s1. The first-order chi connectivity index (χ1) is 19.0. The minimum atomic E-state index is -0.433. The number of pyridine rings is 1. The van der Waals surface area contributed by atoms with Crippen molar-refractivity contribution in [2.45, 2.75) is 31.7 Å². The molecule has 1 amide bonds. The van der Waals surface area contributed by atoms with Gasteiger partial charge in [-0.25, -0.2) is 9.37 Å². The second kappa shape index (κ2) is 9.57. The molecule has 1 aliphatic heterocycles. The Bertz CT molecular complexity index is 1620. The van der Waals surface area contributed by atoms with Gasteiger partial charge in [0.1, 0.15) is 17.2 Å². The van der Waals surface area contributed by atoms with Crippen LogP contribution in [-0.4, -0.2) is 74.6 Å². The van der Waals surface area contributed by atoms with Crippen LogP contribution in [-0.2, 0) is 6.42 Å². The smallest absolute Gasteiger partial charge is 0.259 e. The number of piperazine rings is 1. The normalized spacial score (nSPS) is 19.3. The number of likely N-dealkylation sites (N-methyl/N-ethyl adjacent to an activating group) is 1. The summed E-state index contributed by atoms with van der Waals surface area (Å²) in [5.74, 6) is 0.218. The second-order valence-electron chi connectivity index (χ2n) is 10.8. The van der Waals surface area contributed by atoms with Gasteiger partial charge >= 0.3 is 0 Å². The van der Waals surface area contributed by atoms with E-state index in [4.69, 9.17) is 4.98 Å². The van der Waals surface area contributed by atoms with Gasteiger partial charge in [-0.1, -0.05) is 29.8 Å². The average Bonchev–Trinajstić information content (AvgIpc) is 3.55. The van der Waals surface area contributed by atoms with E-state index >= 15 is 0 Å². The van der Waals surface area contributed by atoms with Crippen LogP contribution in [0.2, 0.25) is 0 Å². The van der Waals surface area contributed by atoms with Crippen molar-refractivity contribution in [1.29, 1.82) is 0 Å². The Balaban J connectivity index is 1.25. The zero-order valence-corrected chi connectivity index (χ0v) is 21.9. The van der Waals surface area contributed by atoms with Crippen LogP contribution in [0.3, 0.4) is 0 Å². The van der Waals surface area contributed by atoms with Gasteiger partial charge in [0, 0.05) is 50.0 Å². The van der Waals surface area contributed by atoms with Gasteiger partial charge in [-0.15, -0.1) is 0 Å². The summed E-state index contributed by atoms with van der Waals surface area (Å²) in [7, 11) is 2.06. The average molecular weight is 524 g/mol. The van der Waals surface area contributed by atoms with Crippen molar-refractivity contribution in [3.8, 4) is 11.3 Å². The summed E-state index contributed by atoms with van der Waals surface area (Å²) in [5, 5.41) is 8.31. The van der Waals surface area contributed by atoms with Gasteiger partial charge in [0.2, 0.25) is 0 Å². The molecule has 3 aliphatic rings. The Labute approximate surface area is 226 Å². The lowest BCUT2D eigenvalue weighted by Gasteiger charge is -2.32. The molecule has 198 valence electrons. The number of nitrogens with one attached hydrogen (secondary N) is 1. The maximum Gasteiger partial charge on any atom is 0.259 e. The predicted molar refractivity (Wildman–Crippen MR) is 148 cm³/mol. The summed E-state index contributed by atoms with van der Waals surface area (Å²) in [6.07, 6.45) is 8.39. The first-order valence-electron chi connectivity index (χ1n) is 13.6. The van der Waals surface area contributed by atoms with Crippen molar-refractivity contribution >= 4 is 22.9 Å². The van der Waals surface area contributed by atoms with Crippen molar-refractivity contribution in [2.75, 3.05) is 38.5 Å². The van der Waals surface area contributed by atoms with E-state index in [2.05, 4.69) is 51.6 Å². The van der Waals surface area contributed by atoms with E-state index in [0.717, 1.165) is 44.6 Å². The van der Waals surface area contributed by atoms with Gasteiger partial charge in [-0.05, 0) is 55.5 Å². The Morgan fingerprint density at radius 2 is 1.92 bits per heavy atom. The predicted octanol–water partition coefficient (Wildman–Crippen LogP) is 4.29. The molecule has 2 aliphatic carbocycles. The molecule has 9 heteroatoms. The number of nitrogens with zero attached hydrogens (tertiary/aromatic N) is 6. The number of halogens is 1. The Kier molecular flexibility index (Phi) is 5.88. The minimum Gasteiger partial charge on any atom is -0.367 e. The lowest BCUT2D eigenvalue weighted by Crippen LogP contribution is -2.47. The molecule has 0 unspecified atom stereocenters. The van der Waals surface area contributed by atoms with Gasteiger partial charge in [0.05, 0.1) is 18.1 Å². The summed E-state index contributed by atoms with van der Waals surface area (Å²) >= 11 is 0.